The summed E-state index contributed by atoms with van der Waals surface area (Å²) >= 11 is 0. The number of aliphatic imine (C=N–C) groups is 1. The quantitative estimate of drug-likeness (QED) is 0.423. The Balaban J connectivity index is 2.22. The maximum absolute atomic E-state index is 5.77. The van der Waals surface area contributed by atoms with E-state index in [0.717, 1.165) is 25.3 Å². The van der Waals surface area contributed by atoms with E-state index in [-0.39, 0.29) is 0 Å². The summed E-state index contributed by atoms with van der Waals surface area (Å²) in [5, 5.41) is 0. The Kier molecular flexibility index (Phi) is 6.08. The number of pyridine rings is 1. The van der Waals surface area contributed by atoms with Crippen LogP contribution in [0.5, 0.6) is 0 Å². The highest BCUT2D eigenvalue weighted by molar-refractivity contribution is 6.71. The van der Waals surface area contributed by atoms with Gasteiger partial charge in [-0.05, 0) is 44.6 Å². The highest BCUT2D eigenvalue weighted by Gasteiger charge is 2.20. The molecule has 1 aromatic rings. The van der Waals surface area contributed by atoms with Gasteiger partial charge in [-0.15, -0.1) is 0 Å². The van der Waals surface area contributed by atoms with Gasteiger partial charge >= 0.3 is 0 Å². The first-order valence-electron chi connectivity index (χ1n) is 6.19. The molecule has 0 radical (unpaired) electrons. The fraction of sp³-hybridized carbons (Fsp3) is 0.538. The van der Waals surface area contributed by atoms with Gasteiger partial charge < -0.3 is 4.43 Å². The minimum absolute atomic E-state index is 0.830. The van der Waals surface area contributed by atoms with E-state index >= 15 is 0 Å². The standard InChI is InChI=1S/C13H22N2OSi/c1-4-16-17(2,3)11-7-9-14-12-13-8-5-6-10-15-13/h5-6,8,10,12H,4,7,9,11H2,1-3H3. The summed E-state index contributed by atoms with van der Waals surface area (Å²) < 4.78 is 5.77. The summed E-state index contributed by atoms with van der Waals surface area (Å²) in [5.41, 5.74) is 0.925. The topological polar surface area (TPSA) is 34.5 Å². The van der Waals surface area contributed by atoms with Crippen molar-refractivity contribution >= 4 is 14.5 Å². The Morgan fingerprint density at radius 3 is 2.88 bits per heavy atom. The summed E-state index contributed by atoms with van der Waals surface area (Å²) in [6.45, 7) is 8.28. The Morgan fingerprint density at radius 1 is 1.41 bits per heavy atom. The highest BCUT2D eigenvalue weighted by Crippen LogP contribution is 2.13. The van der Waals surface area contributed by atoms with E-state index < -0.39 is 8.32 Å². The summed E-state index contributed by atoms with van der Waals surface area (Å²) in [6.07, 6.45) is 4.73. The molecule has 0 aliphatic carbocycles. The second-order valence-electron chi connectivity index (χ2n) is 4.59. The largest absolute Gasteiger partial charge is 0.418 e. The van der Waals surface area contributed by atoms with Crippen molar-refractivity contribution in [1.82, 2.24) is 4.98 Å². The molecule has 0 N–H and O–H groups in total. The van der Waals surface area contributed by atoms with Gasteiger partial charge in [-0.25, -0.2) is 0 Å². The van der Waals surface area contributed by atoms with Crippen LogP contribution in [0, 0.1) is 0 Å². The Hall–Kier alpha value is -1.00. The lowest BCUT2D eigenvalue weighted by Crippen LogP contribution is -2.30. The van der Waals surface area contributed by atoms with E-state index in [2.05, 4.69) is 30.0 Å². The van der Waals surface area contributed by atoms with Crippen LogP contribution in [0.4, 0.5) is 0 Å². The average Bonchev–Trinajstić information content (AvgIpc) is 2.30. The molecular formula is C13H22N2OSi. The Morgan fingerprint density at radius 2 is 2.24 bits per heavy atom. The maximum atomic E-state index is 5.77. The molecule has 0 atom stereocenters. The van der Waals surface area contributed by atoms with Gasteiger partial charge in [-0.1, -0.05) is 6.07 Å². The van der Waals surface area contributed by atoms with Gasteiger partial charge in [0.15, 0.2) is 8.32 Å². The van der Waals surface area contributed by atoms with Crippen LogP contribution in [-0.2, 0) is 4.43 Å². The van der Waals surface area contributed by atoms with Crippen molar-refractivity contribution in [2.24, 2.45) is 4.99 Å². The molecule has 0 unspecified atom stereocenters. The average molecular weight is 250 g/mol. The predicted octanol–water partition coefficient (Wildman–Crippen LogP) is 3.13. The van der Waals surface area contributed by atoms with Crippen molar-refractivity contribution in [3.05, 3.63) is 30.1 Å². The van der Waals surface area contributed by atoms with Gasteiger partial charge in [0.05, 0.1) is 5.69 Å². The molecule has 0 aromatic carbocycles. The third-order valence-electron chi connectivity index (χ3n) is 2.51. The predicted molar refractivity (Wildman–Crippen MR) is 75.2 cm³/mol. The first kappa shape index (κ1) is 14.1. The van der Waals surface area contributed by atoms with Crippen LogP contribution in [0.2, 0.25) is 19.1 Å². The lowest BCUT2D eigenvalue weighted by molar-refractivity contribution is 0.328. The molecular weight excluding hydrogens is 228 g/mol. The first-order chi connectivity index (χ1) is 8.14. The fourth-order valence-electron chi connectivity index (χ4n) is 1.67. The number of hydrogen-bond donors (Lipinski definition) is 0. The number of hydrogen-bond acceptors (Lipinski definition) is 3. The molecule has 0 aliphatic heterocycles. The molecule has 17 heavy (non-hydrogen) atoms. The first-order valence-corrected chi connectivity index (χ1v) is 9.30. The van der Waals surface area contributed by atoms with E-state index in [1.165, 1.54) is 6.04 Å². The third-order valence-corrected chi connectivity index (χ3v) is 5.14. The molecule has 0 bridgehead atoms. The SMILES string of the molecule is CCO[Si](C)(C)CCCN=Cc1ccccn1. The van der Waals surface area contributed by atoms with Gasteiger partial charge in [0.25, 0.3) is 0 Å². The van der Waals surface area contributed by atoms with Gasteiger partial charge in [-0.3, -0.25) is 9.98 Å². The van der Waals surface area contributed by atoms with Crippen molar-refractivity contribution in [1.29, 1.82) is 0 Å². The van der Waals surface area contributed by atoms with Crippen LogP contribution in [0.3, 0.4) is 0 Å². The minimum Gasteiger partial charge on any atom is -0.418 e. The monoisotopic (exact) mass is 250 g/mol. The summed E-state index contributed by atoms with van der Waals surface area (Å²) in [6, 6.07) is 7.01. The molecule has 0 aliphatic rings. The van der Waals surface area contributed by atoms with Gasteiger partial charge in [-0.2, -0.15) is 0 Å². The zero-order valence-corrected chi connectivity index (χ0v) is 12.0. The molecule has 94 valence electrons. The Labute approximate surface area is 105 Å². The van der Waals surface area contributed by atoms with E-state index in [9.17, 15) is 0 Å². The van der Waals surface area contributed by atoms with Crippen LogP contribution in [0.1, 0.15) is 19.0 Å². The van der Waals surface area contributed by atoms with E-state index in [1.807, 2.05) is 24.4 Å². The molecule has 0 saturated carbocycles. The van der Waals surface area contributed by atoms with E-state index in [0.29, 0.717) is 0 Å². The smallest absolute Gasteiger partial charge is 0.186 e. The van der Waals surface area contributed by atoms with Crippen LogP contribution in [0.25, 0.3) is 0 Å². The molecule has 0 fully saturated rings. The molecule has 1 heterocycles. The van der Waals surface area contributed by atoms with Gasteiger partial charge in [0.1, 0.15) is 0 Å². The number of rotatable bonds is 7. The van der Waals surface area contributed by atoms with Crippen molar-refractivity contribution in [3.8, 4) is 0 Å². The fourth-order valence-corrected chi connectivity index (χ4v) is 3.60. The molecule has 1 rings (SSSR count). The van der Waals surface area contributed by atoms with Crippen LogP contribution in [0.15, 0.2) is 29.4 Å². The molecule has 0 spiro atoms. The lowest BCUT2D eigenvalue weighted by atomic mass is 10.4. The summed E-state index contributed by atoms with van der Waals surface area (Å²) in [4.78, 5) is 8.57. The Bertz CT molecular complexity index is 339. The van der Waals surface area contributed by atoms with Gasteiger partial charge in [0.2, 0.25) is 0 Å². The number of nitrogens with zero attached hydrogens (tertiary/aromatic N) is 2. The van der Waals surface area contributed by atoms with Crippen molar-refractivity contribution in [3.63, 3.8) is 0 Å². The molecule has 3 nitrogen and oxygen atoms in total. The maximum Gasteiger partial charge on any atom is 0.186 e. The molecule has 1 aromatic heterocycles. The van der Waals surface area contributed by atoms with Crippen molar-refractivity contribution < 1.29 is 4.43 Å². The summed E-state index contributed by atoms with van der Waals surface area (Å²) in [5.74, 6) is 0. The molecule has 0 amide bonds. The van der Waals surface area contributed by atoms with Crippen LogP contribution in [-0.4, -0.2) is 32.7 Å². The van der Waals surface area contributed by atoms with Crippen molar-refractivity contribution in [2.75, 3.05) is 13.2 Å². The van der Waals surface area contributed by atoms with Gasteiger partial charge in [0, 0.05) is 25.6 Å². The molecule has 4 heteroatoms. The van der Waals surface area contributed by atoms with E-state index in [1.54, 1.807) is 6.20 Å². The minimum atomic E-state index is -1.42. The summed E-state index contributed by atoms with van der Waals surface area (Å²) in [7, 11) is -1.42. The second kappa shape index (κ2) is 7.35. The third kappa shape index (κ3) is 6.34. The normalized spacial score (nSPS) is 12.2. The van der Waals surface area contributed by atoms with E-state index in [4.69, 9.17) is 4.43 Å². The van der Waals surface area contributed by atoms with Crippen molar-refractivity contribution in [2.45, 2.75) is 32.5 Å². The molecule has 0 saturated heterocycles. The zero-order valence-electron chi connectivity index (χ0n) is 11.0. The second-order valence-corrected chi connectivity index (χ2v) is 8.89. The zero-order chi connectivity index (χ0) is 12.6. The van der Waals surface area contributed by atoms with Crippen LogP contribution >= 0.6 is 0 Å². The lowest BCUT2D eigenvalue weighted by Gasteiger charge is -2.21. The highest BCUT2D eigenvalue weighted by atomic mass is 28.4. The van der Waals surface area contributed by atoms with Crippen LogP contribution < -0.4 is 0 Å². The number of aromatic nitrogens is 1.